The van der Waals surface area contributed by atoms with Gasteiger partial charge < -0.3 is 5.11 Å². The Morgan fingerprint density at radius 2 is 1.62 bits per heavy atom. The monoisotopic (exact) mass is 430 g/mol. The first kappa shape index (κ1) is 17.0. The van der Waals surface area contributed by atoms with Crippen LogP contribution in [0.25, 0.3) is 23.1 Å². The van der Waals surface area contributed by atoms with Crippen molar-refractivity contribution in [2.45, 2.75) is 19.4 Å². The molecule has 0 saturated heterocycles. The van der Waals surface area contributed by atoms with Gasteiger partial charge in [0, 0.05) is 24.1 Å². The van der Waals surface area contributed by atoms with Crippen molar-refractivity contribution in [3.63, 3.8) is 0 Å². The standard InChI is InChI=1S/C21H20INO/c22-14-5-6-15-23-16-13-17(19-8-2-3-9-20(19)23)11-12-18-7-1-4-10-21(18)24/h1-4,7-13,16H,5-6,14-15H2/p+1. The lowest BCUT2D eigenvalue weighted by Crippen LogP contribution is -2.34. The van der Waals surface area contributed by atoms with E-state index in [2.05, 4.69) is 69.8 Å². The van der Waals surface area contributed by atoms with Crippen LogP contribution >= 0.6 is 22.6 Å². The topological polar surface area (TPSA) is 24.1 Å². The molecule has 0 saturated carbocycles. The van der Waals surface area contributed by atoms with Crippen molar-refractivity contribution in [2.75, 3.05) is 4.43 Å². The number of pyridine rings is 1. The highest BCUT2D eigenvalue weighted by molar-refractivity contribution is 14.1. The van der Waals surface area contributed by atoms with E-state index >= 15 is 0 Å². The molecule has 3 rings (SSSR count). The van der Waals surface area contributed by atoms with Crippen LogP contribution in [0.4, 0.5) is 0 Å². The molecule has 0 amide bonds. The molecular weight excluding hydrogens is 409 g/mol. The fourth-order valence-electron chi connectivity index (χ4n) is 2.83. The Morgan fingerprint density at radius 1 is 0.875 bits per heavy atom. The number of hydrogen-bond donors (Lipinski definition) is 1. The summed E-state index contributed by atoms with van der Waals surface area (Å²) in [5.74, 6) is 0.308. The summed E-state index contributed by atoms with van der Waals surface area (Å²) in [4.78, 5) is 0. The molecule has 0 fully saturated rings. The molecule has 3 aromatic rings. The molecule has 2 aromatic carbocycles. The van der Waals surface area contributed by atoms with E-state index in [1.807, 2.05) is 24.3 Å². The third-order valence-electron chi connectivity index (χ3n) is 4.12. The summed E-state index contributed by atoms with van der Waals surface area (Å²) < 4.78 is 3.54. The molecule has 0 aliphatic carbocycles. The molecule has 0 bridgehead atoms. The smallest absolute Gasteiger partial charge is 0.213 e. The van der Waals surface area contributed by atoms with Crippen molar-refractivity contribution in [1.29, 1.82) is 0 Å². The number of phenols is 1. The summed E-state index contributed by atoms with van der Waals surface area (Å²) in [5.41, 5.74) is 3.25. The number of fused-ring (bicyclic) bond motifs is 1. The molecule has 0 aliphatic rings. The van der Waals surface area contributed by atoms with Crippen LogP contribution in [0.1, 0.15) is 24.0 Å². The number of aromatic nitrogens is 1. The zero-order valence-electron chi connectivity index (χ0n) is 13.5. The Balaban J connectivity index is 1.95. The van der Waals surface area contributed by atoms with Gasteiger partial charge in [0.2, 0.25) is 5.52 Å². The van der Waals surface area contributed by atoms with E-state index in [4.69, 9.17) is 0 Å². The Hall–Kier alpha value is -1.88. The summed E-state index contributed by atoms with van der Waals surface area (Å²) in [5, 5.41) is 11.1. The van der Waals surface area contributed by atoms with Crippen LogP contribution in [0, 0.1) is 0 Å². The summed E-state index contributed by atoms with van der Waals surface area (Å²) in [7, 11) is 0. The fourth-order valence-corrected chi connectivity index (χ4v) is 3.37. The molecule has 2 nitrogen and oxygen atoms in total. The fraction of sp³-hybridized carbons (Fsp3) is 0.190. The van der Waals surface area contributed by atoms with E-state index in [1.54, 1.807) is 6.07 Å². The van der Waals surface area contributed by atoms with Gasteiger partial charge in [-0.25, -0.2) is 0 Å². The maximum atomic E-state index is 9.91. The first-order valence-electron chi connectivity index (χ1n) is 8.23. The number of rotatable bonds is 6. The second-order valence-electron chi connectivity index (χ2n) is 5.77. The predicted molar refractivity (Wildman–Crippen MR) is 109 cm³/mol. The minimum absolute atomic E-state index is 0.308. The number of alkyl halides is 1. The molecule has 24 heavy (non-hydrogen) atoms. The van der Waals surface area contributed by atoms with Crippen molar-refractivity contribution in [3.05, 3.63) is 71.9 Å². The van der Waals surface area contributed by atoms with Gasteiger partial charge in [-0.15, -0.1) is 0 Å². The van der Waals surface area contributed by atoms with Gasteiger partial charge in [-0.3, -0.25) is 0 Å². The van der Waals surface area contributed by atoms with Crippen LogP contribution < -0.4 is 4.57 Å². The normalized spacial score (nSPS) is 11.4. The quantitative estimate of drug-likeness (QED) is 0.247. The molecule has 0 atom stereocenters. The molecule has 0 unspecified atom stereocenters. The van der Waals surface area contributed by atoms with Crippen LogP contribution in [0.3, 0.4) is 0 Å². The third-order valence-corrected chi connectivity index (χ3v) is 4.88. The number of para-hydroxylation sites is 2. The minimum atomic E-state index is 0.308. The largest absolute Gasteiger partial charge is 0.507 e. The summed E-state index contributed by atoms with van der Waals surface area (Å²) in [6, 6.07) is 18.1. The number of benzene rings is 2. The Morgan fingerprint density at radius 3 is 2.46 bits per heavy atom. The van der Waals surface area contributed by atoms with Crippen LogP contribution in [0.15, 0.2) is 60.8 Å². The number of nitrogens with zero attached hydrogens (tertiary/aromatic N) is 1. The van der Waals surface area contributed by atoms with E-state index < -0.39 is 0 Å². The average Bonchev–Trinajstić information content (AvgIpc) is 2.62. The molecule has 1 heterocycles. The molecule has 3 heteroatoms. The molecule has 0 spiro atoms. The van der Waals surface area contributed by atoms with Crippen molar-refractivity contribution in [2.24, 2.45) is 0 Å². The SMILES string of the molecule is Oc1ccccc1/C=C/c1cc[n+](CCCCI)c2ccccc12. The van der Waals surface area contributed by atoms with Gasteiger partial charge in [0.1, 0.15) is 12.3 Å². The Kier molecular flexibility index (Phi) is 5.86. The highest BCUT2D eigenvalue weighted by Gasteiger charge is 2.10. The number of aromatic hydroxyl groups is 1. The van der Waals surface area contributed by atoms with Gasteiger partial charge in [-0.2, -0.15) is 4.57 Å². The average molecular weight is 430 g/mol. The predicted octanol–water partition coefficient (Wildman–Crippen LogP) is 5.22. The van der Waals surface area contributed by atoms with E-state index in [1.165, 1.54) is 33.7 Å². The number of aryl methyl sites for hydroxylation is 1. The summed E-state index contributed by atoms with van der Waals surface area (Å²) in [6.45, 7) is 1.05. The second kappa shape index (κ2) is 8.29. The second-order valence-corrected chi connectivity index (χ2v) is 6.85. The van der Waals surface area contributed by atoms with Gasteiger partial charge >= 0.3 is 0 Å². The zero-order valence-corrected chi connectivity index (χ0v) is 15.7. The van der Waals surface area contributed by atoms with E-state index in [-0.39, 0.29) is 0 Å². The maximum absolute atomic E-state index is 9.91. The van der Waals surface area contributed by atoms with Crippen molar-refractivity contribution in [3.8, 4) is 5.75 Å². The molecule has 0 radical (unpaired) electrons. The highest BCUT2D eigenvalue weighted by Crippen LogP contribution is 2.21. The lowest BCUT2D eigenvalue weighted by molar-refractivity contribution is -0.671. The highest BCUT2D eigenvalue weighted by atomic mass is 127. The molecular formula is C21H21INO+. The minimum Gasteiger partial charge on any atom is -0.507 e. The number of unbranched alkanes of at least 4 members (excludes halogenated alkanes) is 1. The van der Waals surface area contributed by atoms with Crippen molar-refractivity contribution in [1.82, 2.24) is 0 Å². The Bertz CT molecular complexity index is 857. The van der Waals surface area contributed by atoms with Crippen LogP contribution in [-0.2, 0) is 6.54 Å². The summed E-state index contributed by atoms with van der Waals surface area (Å²) >= 11 is 2.43. The zero-order chi connectivity index (χ0) is 16.8. The lowest BCUT2D eigenvalue weighted by atomic mass is 10.1. The van der Waals surface area contributed by atoms with E-state index in [9.17, 15) is 5.11 Å². The number of halogens is 1. The van der Waals surface area contributed by atoms with Crippen LogP contribution in [0.5, 0.6) is 5.75 Å². The summed E-state index contributed by atoms with van der Waals surface area (Å²) in [6.07, 6.45) is 8.66. The Labute approximate surface area is 156 Å². The van der Waals surface area contributed by atoms with E-state index in [0.29, 0.717) is 5.75 Å². The van der Waals surface area contributed by atoms with Crippen LogP contribution in [0.2, 0.25) is 0 Å². The lowest BCUT2D eigenvalue weighted by Gasteiger charge is -2.04. The number of hydrogen-bond acceptors (Lipinski definition) is 1. The van der Waals surface area contributed by atoms with E-state index in [0.717, 1.165) is 12.1 Å². The van der Waals surface area contributed by atoms with Gasteiger partial charge in [0.15, 0.2) is 6.20 Å². The molecule has 1 N–H and O–H groups in total. The maximum Gasteiger partial charge on any atom is 0.213 e. The molecule has 122 valence electrons. The van der Waals surface area contributed by atoms with Crippen molar-refractivity contribution < 1.29 is 9.67 Å². The van der Waals surface area contributed by atoms with Gasteiger partial charge in [0.05, 0.1) is 5.39 Å². The first-order valence-corrected chi connectivity index (χ1v) is 9.75. The van der Waals surface area contributed by atoms with Gasteiger partial charge in [0.25, 0.3) is 0 Å². The van der Waals surface area contributed by atoms with Crippen molar-refractivity contribution >= 4 is 45.6 Å². The third kappa shape index (κ3) is 3.96. The molecule has 0 aliphatic heterocycles. The van der Waals surface area contributed by atoms with Crippen LogP contribution in [-0.4, -0.2) is 9.53 Å². The van der Waals surface area contributed by atoms with Gasteiger partial charge in [-0.1, -0.05) is 65.1 Å². The van der Waals surface area contributed by atoms with Gasteiger partial charge in [-0.05, 0) is 28.5 Å². The number of phenolic OH excluding ortho intramolecular Hbond substituents is 1. The first-order chi connectivity index (χ1) is 11.8. The molecule has 1 aromatic heterocycles.